The van der Waals surface area contributed by atoms with Crippen molar-refractivity contribution in [1.29, 1.82) is 0 Å². The molecule has 0 radical (unpaired) electrons. The van der Waals surface area contributed by atoms with Gasteiger partial charge in [-0.05, 0) is 30.5 Å². The van der Waals surface area contributed by atoms with E-state index in [9.17, 15) is 14.4 Å². The maximum absolute atomic E-state index is 11.9. The highest BCUT2D eigenvalue weighted by molar-refractivity contribution is 6.02. The number of hydroxylamine groups is 2. The van der Waals surface area contributed by atoms with Crippen LogP contribution in [0.5, 0.6) is 0 Å². The molecule has 2 rings (SSSR count). The molecule has 5 heteroatoms. The minimum absolute atomic E-state index is 0.0997. The smallest absolute Gasteiger partial charge is 0.325 e. The number of imide groups is 1. The van der Waals surface area contributed by atoms with E-state index in [1.165, 1.54) is 12.8 Å². The van der Waals surface area contributed by atoms with E-state index in [0.717, 1.165) is 18.4 Å². The Morgan fingerprint density at radius 2 is 1.71 bits per heavy atom. The van der Waals surface area contributed by atoms with Gasteiger partial charge < -0.3 is 4.84 Å². The van der Waals surface area contributed by atoms with E-state index in [2.05, 4.69) is 6.92 Å². The van der Waals surface area contributed by atoms with E-state index >= 15 is 0 Å². The van der Waals surface area contributed by atoms with Crippen LogP contribution in [0.15, 0.2) is 24.3 Å². The van der Waals surface area contributed by atoms with Crippen molar-refractivity contribution in [1.82, 2.24) is 5.06 Å². The van der Waals surface area contributed by atoms with Crippen LogP contribution in [0.3, 0.4) is 0 Å². The molecular weight excluding hydrogens is 270 g/mol. The van der Waals surface area contributed by atoms with Gasteiger partial charge in [0.15, 0.2) is 0 Å². The van der Waals surface area contributed by atoms with Crippen molar-refractivity contribution in [3.63, 3.8) is 0 Å². The van der Waals surface area contributed by atoms with Crippen LogP contribution in [-0.4, -0.2) is 22.8 Å². The molecule has 21 heavy (non-hydrogen) atoms. The molecule has 1 aromatic carbocycles. The first-order valence-corrected chi connectivity index (χ1v) is 7.29. The summed E-state index contributed by atoms with van der Waals surface area (Å²) in [7, 11) is 0. The summed E-state index contributed by atoms with van der Waals surface area (Å²) in [6, 6.07) is 7.07. The number of aryl methyl sites for hydroxylation is 1. The van der Waals surface area contributed by atoms with Gasteiger partial charge in [-0.15, -0.1) is 5.06 Å². The minimum Gasteiger partial charge on any atom is -0.325 e. The van der Waals surface area contributed by atoms with E-state index < -0.39 is 17.8 Å². The topological polar surface area (TPSA) is 63.7 Å². The van der Waals surface area contributed by atoms with E-state index in [4.69, 9.17) is 4.84 Å². The van der Waals surface area contributed by atoms with Crippen LogP contribution in [0.25, 0.3) is 0 Å². The lowest BCUT2D eigenvalue weighted by Crippen LogP contribution is -2.32. The summed E-state index contributed by atoms with van der Waals surface area (Å²) in [6.45, 7) is 2.15. The highest BCUT2D eigenvalue weighted by atomic mass is 16.7. The zero-order valence-corrected chi connectivity index (χ0v) is 12.1. The molecule has 0 saturated carbocycles. The average molecular weight is 289 g/mol. The van der Waals surface area contributed by atoms with Crippen LogP contribution in [-0.2, 0) is 20.8 Å². The lowest BCUT2D eigenvalue weighted by Gasteiger charge is -2.12. The molecule has 0 atom stereocenters. The SMILES string of the molecule is CCCCCc1ccc(C(=O)ON2C(=O)CCC2=O)cc1. The molecule has 1 fully saturated rings. The van der Waals surface area contributed by atoms with Crippen LogP contribution in [0, 0.1) is 0 Å². The first-order valence-electron chi connectivity index (χ1n) is 7.29. The molecule has 0 spiro atoms. The molecule has 5 nitrogen and oxygen atoms in total. The highest BCUT2D eigenvalue weighted by Crippen LogP contribution is 2.15. The lowest BCUT2D eigenvalue weighted by molar-refractivity contribution is -0.172. The minimum atomic E-state index is -0.682. The van der Waals surface area contributed by atoms with Gasteiger partial charge in [0.25, 0.3) is 11.8 Å². The van der Waals surface area contributed by atoms with Crippen LogP contribution in [0.2, 0.25) is 0 Å². The second-order valence-corrected chi connectivity index (χ2v) is 5.11. The zero-order valence-electron chi connectivity index (χ0n) is 12.1. The second-order valence-electron chi connectivity index (χ2n) is 5.11. The average Bonchev–Trinajstić information content (AvgIpc) is 2.80. The van der Waals surface area contributed by atoms with Crippen molar-refractivity contribution in [2.45, 2.75) is 45.4 Å². The molecule has 0 unspecified atom stereocenters. The third-order valence-electron chi connectivity index (χ3n) is 3.44. The summed E-state index contributed by atoms with van der Waals surface area (Å²) >= 11 is 0. The summed E-state index contributed by atoms with van der Waals surface area (Å²) < 4.78 is 0. The lowest BCUT2D eigenvalue weighted by atomic mass is 10.1. The summed E-state index contributed by atoms with van der Waals surface area (Å²) in [6.07, 6.45) is 4.65. The predicted octanol–water partition coefficient (Wildman–Crippen LogP) is 2.64. The normalized spacial score (nSPS) is 14.6. The first kappa shape index (κ1) is 15.2. The molecule has 0 bridgehead atoms. The maximum atomic E-state index is 11.9. The van der Waals surface area contributed by atoms with Gasteiger partial charge in [-0.2, -0.15) is 0 Å². The largest absolute Gasteiger partial charge is 0.363 e. The summed E-state index contributed by atoms with van der Waals surface area (Å²) in [5, 5.41) is 0.567. The van der Waals surface area contributed by atoms with Gasteiger partial charge >= 0.3 is 5.97 Å². The van der Waals surface area contributed by atoms with Crippen molar-refractivity contribution < 1.29 is 19.2 Å². The monoisotopic (exact) mass is 289 g/mol. The number of hydrogen-bond donors (Lipinski definition) is 0. The number of benzene rings is 1. The Morgan fingerprint density at radius 3 is 2.29 bits per heavy atom. The number of nitrogens with zero attached hydrogens (tertiary/aromatic N) is 1. The Labute approximate surface area is 123 Å². The van der Waals surface area contributed by atoms with Crippen LogP contribution in [0.1, 0.15) is 54.9 Å². The van der Waals surface area contributed by atoms with Gasteiger partial charge in [-0.25, -0.2) is 4.79 Å². The summed E-state index contributed by atoms with van der Waals surface area (Å²) in [4.78, 5) is 39.5. The molecule has 2 amide bonds. The number of unbranched alkanes of at least 4 members (excludes halogenated alkanes) is 2. The summed E-state index contributed by atoms with van der Waals surface area (Å²) in [5.74, 6) is -1.62. The molecule has 0 aliphatic carbocycles. The number of amides is 2. The molecule has 1 saturated heterocycles. The molecule has 0 N–H and O–H groups in total. The fraction of sp³-hybridized carbons (Fsp3) is 0.438. The van der Waals surface area contributed by atoms with Crippen molar-refractivity contribution >= 4 is 17.8 Å². The fourth-order valence-electron chi connectivity index (χ4n) is 2.18. The molecule has 1 aliphatic rings. The van der Waals surface area contributed by atoms with E-state index in [0.29, 0.717) is 10.6 Å². The fourth-order valence-corrected chi connectivity index (χ4v) is 2.18. The number of rotatable bonds is 6. The van der Waals surface area contributed by atoms with Gasteiger partial charge in [0.2, 0.25) is 0 Å². The zero-order chi connectivity index (χ0) is 15.2. The van der Waals surface area contributed by atoms with Crippen molar-refractivity contribution in [2.24, 2.45) is 0 Å². The van der Waals surface area contributed by atoms with Crippen LogP contribution >= 0.6 is 0 Å². The van der Waals surface area contributed by atoms with Gasteiger partial charge in [0.1, 0.15) is 0 Å². The van der Waals surface area contributed by atoms with Crippen molar-refractivity contribution in [2.75, 3.05) is 0 Å². The van der Waals surface area contributed by atoms with Gasteiger partial charge in [0, 0.05) is 12.8 Å². The summed E-state index contributed by atoms with van der Waals surface area (Å²) in [5.41, 5.74) is 1.50. The number of carbonyl (C=O) groups is 3. The van der Waals surface area contributed by atoms with E-state index in [1.807, 2.05) is 12.1 Å². The Bertz CT molecular complexity index is 520. The van der Waals surface area contributed by atoms with Gasteiger partial charge in [0.05, 0.1) is 5.56 Å². The number of carbonyl (C=O) groups excluding carboxylic acids is 3. The first-order chi connectivity index (χ1) is 10.1. The van der Waals surface area contributed by atoms with Crippen LogP contribution < -0.4 is 0 Å². The second kappa shape index (κ2) is 7.02. The van der Waals surface area contributed by atoms with Crippen molar-refractivity contribution in [3.05, 3.63) is 35.4 Å². The standard InChI is InChI=1S/C16H19NO4/c1-2-3-4-5-12-6-8-13(9-7-12)16(20)21-17-14(18)10-11-15(17)19/h6-9H,2-5,10-11H2,1H3. The molecule has 0 aromatic heterocycles. The molecule has 112 valence electrons. The van der Waals surface area contributed by atoms with Gasteiger partial charge in [-0.3, -0.25) is 9.59 Å². The molecule has 1 aliphatic heterocycles. The maximum Gasteiger partial charge on any atom is 0.363 e. The van der Waals surface area contributed by atoms with Gasteiger partial charge in [-0.1, -0.05) is 31.9 Å². The molecule has 1 heterocycles. The predicted molar refractivity (Wildman–Crippen MR) is 76.2 cm³/mol. The third kappa shape index (κ3) is 3.90. The quantitative estimate of drug-likeness (QED) is 0.596. The Hall–Kier alpha value is -2.17. The molecular formula is C16H19NO4. The highest BCUT2D eigenvalue weighted by Gasteiger charge is 2.33. The Balaban J connectivity index is 1.93. The van der Waals surface area contributed by atoms with Crippen molar-refractivity contribution in [3.8, 4) is 0 Å². The van der Waals surface area contributed by atoms with Crippen LogP contribution in [0.4, 0.5) is 0 Å². The molecule has 1 aromatic rings. The van der Waals surface area contributed by atoms with E-state index in [1.54, 1.807) is 12.1 Å². The number of hydrogen-bond acceptors (Lipinski definition) is 4. The Morgan fingerprint density at radius 1 is 1.10 bits per heavy atom. The third-order valence-corrected chi connectivity index (χ3v) is 3.44. The van der Waals surface area contributed by atoms with E-state index in [-0.39, 0.29) is 12.8 Å². The Kier molecular flexibility index (Phi) is 5.09.